The van der Waals surface area contributed by atoms with E-state index >= 15 is 0 Å². The molecule has 278 valence electrons. The number of rotatable bonds is 17. The first-order valence-corrected chi connectivity index (χ1v) is 21.2. The minimum atomic E-state index is 0.675. The Balaban J connectivity index is 1.44. The molecule has 2 heterocycles. The van der Waals surface area contributed by atoms with E-state index in [9.17, 15) is 0 Å². The highest BCUT2D eigenvalue weighted by molar-refractivity contribution is 9.10. The second-order valence-corrected chi connectivity index (χ2v) is 18.0. The van der Waals surface area contributed by atoms with Crippen molar-refractivity contribution >= 4 is 75.5 Å². The lowest BCUT2D eigenvalue weighted by Gasteiger charge is -2.17. The molecule has 0 fully saturated rings. The van der Waals surface area contributed by atoms with E-state index in [4.69, 9.17) is 9.47 Å². The van der Waals surface area contributed by atoms with Crippen LogP contribution in [-0.2, 0) is 13.1 Å². The molecule has 6 rings (SSSR count). The van der Waals surface area contributed by atoms with E-state index < -0.39 is 0 Å². The standard InChI is InChI=1S/C46H58Br2N2O2/c1-29(2)11-9-13-31(5)19-21-49-41-17-15-33(47)23-35(41)37-25-39(45(51-7)27-43(37)49)40-26-38-36-24-34(48)16-18-42(36)50(44(38)28-46(40)52-8)22-20-32(6)14-10-12-30(3)4/h15-18,23-32H,9-14,19-22H2,1-8H3. The zero-order valence-corrected chi connectivity index (χ0v) is 35.8. The summed E-state index contributed by atoms with van der Waals surface area (Å²) in [5.41, 5.74) is 7.05. The third kappa shape index (κ3) is 8.39. The van der Waals surface area contributed by atoms with Crippen LogP contribution in [0.4, 0.5) is 0 Å². The molecule has 0 N–H and O–H groups in total. The molecule has 2 aromatic heterocycles. The Morgan fingerprint density at radius 2 is 0.865 bits per heavy atom. The number of fused-ring (bicyclic) bond motifs is 6. The molecule has 0 saturated carbocycles. The third-order valence-electron chi connectivity index (χ3n) is 11.2. The first-order chi connectivity index (χ1) is 25.0. The molecular formula is C46H58Br2N2O2. The number of hydrogen-bond donors (Lipinski definition) is 0. The minimum Gasteiger partial charge on any atom is -0.496 e. The fourth-order valence-corrected chi connectivity index (χ4v) is 8.89. The summed E-state index contributed by atoms with van der Waals surface area (Å²) in [5.74, 6) is 4.60. The van der Waals surface area contributed by atoms with Crippen molar-refractivity contribution in [3.63, 3.8) is 0 Å². The van der Waals surface area contributed by atoms with Crippen molar-refractivity contribution in [3.05, 3.63) is 69.6 Å². The van der Waals surface area contributed by atoms with Gasteiger partial charge < -0.3 is 18.6 Å². The highest BCUT2D eigenvalue weighted by Crippen LogP contribution is 2.45. The summed E-state index contributed by atoms with van der Waals surface area (Å²) < 4.78 is 19.7. The van der Waals surface area contributed by atoms with E-state index in [0.29, 0.717) is 11.8 Å². The molecule has 0 amide bonds. The van der Waals surface area contributed by atoms with Crippen molar-refractivity contribution in [2.45, 2.75) is 106 Å². The maximum Gasteiger partial charge on any atom is 0.128 e. The molecular weight excluding hydrogens is 772 g/mol. The molecule has 2 unspecified atom stereocenters. The summed E-state index contributed by atoms with van der Waals surface area (Å²) in [4.78, 5) is 0. The van der Waals surface area contributed by atoms with Gasteiger partial charge in [0.1, 0.15) is 11.5 Å². The molecule has 0 aliphatic rings. The molecule has 0 aliphatic heterocycles. The number of aromatic nitrogens is 2. The fourth-order valence-electron chi connectivity index (χ4n) is 8.17. The molecule has 6 aromatic rings. The molecule has 2 atom stereocenters. The quantitative estimate of drug-likeness (QED) is 0.0916. The number of methoxy groups -OCH3 is 2. The summed E-state index contributed by atoms with van der Waals surface area (Å²) in [6, 6.07) is 22.6. The van der Waals surface area contributed by atoms with Crippen molar-refractivity contribution in [3.8, 4) is 22.6 Å². The predicted octanol–water partition coefficient (Wildman–Crippen LogP) is 14.8. The fraction of sp³-hybridized carbons (Fsp3) is 0.478. The van der Waals surface area contributed by atoms with Gasteiger partial charge in [-0.15, -0.1) is 0 Å². The average molecular weight is 831 g/mol. The second-order valence-electron chi connectivity index (χ2n) is 16.2. The van der Waals surface area contributed by atoms with Crippen molar-refractivity contribution in [2.24, 2.45) is 23.7 Å². The SMILES string of the molecule is COc1cc2c(cc1-c1cc3c4cc(Br)ccc4n(CCC(C)CCCC(C)C)c3cc1OC)c1cc(Br)ccc1n2CCC(C)CCCC(C)C. The summed E-state index contributed by atoms with van der Waals surface area (Å²) in [5, 5.41) is 4.98. The number of nitrogens with zero attached hydrogens (tertiary/aromatic N) is 2. The number of hydrogen-bond acceptors (Lipinski definition) is 2. The molecule has 0 saturated heterocycles. The Morgan fingerprint density at radius 1 is 0.481 bits per heavy atom. The topological polar surface area (TPSA) is 28.3 Å². The lowest BCUT2D eigenvalue weighted by atomic mass is 9.97. The van der Waals surface area contributed by atoms with Crippen molar-refractivity contribution in [1.29, 1.82) is 0 Å². The monoisotopic (exact) mass is 828 g/mol. The zero-order valence-electron chi connectivity index (χ0n) is 32.6. The van der Waals surface area contributed by atoms with Gasteiger partial charge in [-0.05, 0) is 85.0 Å². The highest BCUT2D eigenvalue weighted by atomic mass is 79.9. The number of benzene rings is 4. The van der Waals surface area contributed by atoms with Crippen LogP contribution in [0.5, 0.6) is 11.5 Å². The van der Waals surface area contributed by atoms with Crippen LogP contribution in [0.2, 0.25) is 0 Å². The molecule has 0 radical (unpaired) electrons. The third-order valence-corrected chi connectivity index (χ3v) is 12.2. The Kier molecular flexibility index (Phi) is 12.7. The van der Waals surface area contributed by atoms with E-state index in [1.165, 1.54) is 82.1 Å². The van der Waals surface area contributed by atoms with Crippen molar-refractivity contribution in [1.82, 2.24) is 9.13 Å². The predicted molar refractivity (Wildman–Crippen MR) is 231 cm³/mol. The van der Waals surface area contributed by atoms with Crippen LogP contribution >= 0.6 is 31.9 Å². The van der Waals surface area contributed by atoms with Gasteiger partial charge >= 0.3 is 0 Å². The number of halogens is 2. The summed E-state index contributed by atoms with van der Waals surface area (Å²) in [7, 11) is 3.59. The zero-order chi connectivity index (χ0) is 37.1. The summed E-state index contributed by atoms with van der Waals surface area (Å²) in [6.07, 6.45) is 10.1. The maximum atomic E-state index is 6.23. The first-order valence-electron chi connectivity index (χ1n) is 19.6. The van der Waals surface area contributed by atoms with Gasteiger partial charge in [0, 0.05) is 77.9 Å². The van der Waals surface area contributed by atoms with Gasteiger partial charge in [-0.25, -0.2) is 0 Å². The summed E-state index contributed by atoms with van der Waals surface area (Å²) in [6.45, 7) is 16.1. The second kappa shape index (κ2) is 17.0. The normalized spacial score (nSPS) is 13.4. The maximum absolute atomic E-state index is 6.23. The molecule has 0 bridgehead atoms. The first kappa shape index (κ1) is 38.8. The van der Waals surface area contributed by atoms with Crippen molar-refractivity contribution < 1.29 is 9.47 Å². The molecule has 4 aromatic carbocycles. The molecule has 4 nitrogen and oxygen atoms in total. The Hall–Kier alpha value is -2.96. The van der Waals surface area contributed by atoms with Crippen molar-refractivity contribution in [2.75, 3.05) is 14.2 Å². The number of aryl methyl sites for hydroxylation is 2. The van der Waals surface area contributed by atoms with E-state index in [-0.39, 0.29) is 0 Å². The minimum absolute atomic E-state index is 0.675. The molecule has 0 spiro atoms. The van der Waals surface area contributed by atoms with Gasteiger partial charge in [-0.2, -0.15) is 0 Å². The van der Waals surface area contributed by atoms with Crippen LogP contribution in [0, 0.1) is 23.7 Å². The lowest BCUT2D eigenvalue weighted by molar-refractivity contribution is 0.409. The number of ether oxygens (including phenoxy) is 2. The van der Waals surface area contributed by atoms with Crippen LogP contribution < -0.4 is 9.47 Å². The van der Waals surface area contributed by atoms with E-state index in [1.54, 1.807) is 14.2 Å². The van der Waals surface area contributed by atoms with Crippen LogP contribution in [0.1, 0.15) is 92.9 Å². The van der Waals surface area contributed by atoms with Crippen LogP contribution in [0.15, 0.2) is 69.6 Å². The Bertz CT molecular complexity index is 2000. The molecule has 52 heavy (non-hydrogen) atoms. The van der Waals surface area contributed by atoms with Gasteiger partial charge in [-0.1, -0.05) is 112 Å². The van der Waals surface area contributed by atoms with Gasteiger partial charge in [0.2, 0.25) is 0 Å². The van der Waals surface area contributed by atoms with Crippen LogP contribution in [0.25, 0.3) is 54.7 Å². The van der Waals surface area contributed by atoms with Gasteiger partial charge in [0.15, 0.2) is 0 Å². The Labute approximate surface area is 328 Å². The van der Waals surface area contributed by atoms with E-state index in [0.717, 1.165) is 69.3 Å². The molecule has 0 aliphatic carbocycles. The van der Waals surface area contributed by atoms with Gasteiger partial charge in [-0.3, -0.25) is 0 Å². The average Bonchev–Trinajstić information content (AvgIpc) is 3.57. The smallest absolute Gasteiger partial charge is 0.128 e. The van der Waals surface area contributed by atoms with E-state index in [2.05, 4.69) is 143 Å². The van der Waals surface area contributed by atoms with Crippen LogP contribution in [0.3, 0.4) is 0 Å². The highest BCUT2D eigenvalue weighted by Gasteiger charge is 2.22. The largest absolute Gasteiger partial charge is 0.496 e. The summed E-state index contributed by atoms with van der Waals surface area (Å²) >= 11 is 7.56. The van der Waals surface area contributed by atoms with Gasteiger partial charge in [0.05, 0.1) is 25.3 Å². The Morgan fingerprint density at radius 3 is 1.23 bits per heavy atom. The van der Waals surface area contributed by atoms with E-state index in [1.807, 2.05) is 0 Å². The molecule has 6 heteroatoms. The van der Waals surface area contributed by atoms with Crippen LogP contribution in [-0.4, -0.2) is 23.4 Å². The van der Waals surface area contributed by atoms with Gasteiger partial charge in [0.25, 0.3) is 0 Å². The lowest BCUT2D eigenvalue weighted by Crippen LogP contribution is -2.05.